The molecule has 1 saturated heterocycles. The average molecular weight is 484 g/mol. The van der Waals surface area contributed by atoms with Gasteiger partial charge >= 0.3 is 6.18 Å². The monoisotopic (exact) mass is 483 g/mol. The largest absolute Gasteiger partial charge is 0.417 e. The molecule has 2 aromatic heterocycles. The second kappa shape index (κ2) is 9.37. The summed E-state index contributed by atoms with van der Waals surface area (Å²) in [4.78, 5) is 19.9. The summed E-state index contributed by atoms with van der Waals surface area (Å²) in [5.41, 5.74) is -0.0987. The fourth-order valence-electron chi connectivity index (χ4n) is 3.17. The van der Waals surface area contributed by atoms with Crippen molar-refractivity contribution in [3.8, 4) is 11.5 Å². The van der Waals surface area contributed by atoms with Crippen molar-refractivity contribution in [2.75, 3.05) is 36.8 Å². The highest BCUT2D eigenvalue weighted by Crippen LogP contribution is 2.33. The maximum Gasteiger partial charge on any atom is 0.417 e. The zero-order valence-corrected chi connectivity index (χ0v) is 18.1. The number of nitrogens with zero attached hydrogens (tertiary/aromatic N) is 5. The Hall–Kier alpha value is -2.79. The van der Waals surface area contributed by atoms with Crippen molar-refractivity contribution in [3.05, 3.63) is 53.2 Å². The predicted molar refractivity (Wildman–Crippen MR) is 114 cm³/mol. The lowest BCUT2D eigenvalue weighted by Crippen LogP contribution is -2.49. The SMILES string of the molecule is O=C(CSc1nnc(-c2ccccc2)o1)N1CCN(c2ncc(C(F)(F)F)cc2Cl)CC1. The lowest BCUT2D eigenvalue weighted by atomic mass is 10.2. The number of aromatic nitrogens is 3. The zero-order chi connectivity index (χ0) is 22.7. The van der Waals surface area contributed by atoms with E-state index in [1.807, 2.05) is 30.3 Å². The molecule has 32 heavy (non-hydrogen) atoms. The quantitative estimate of drug-likeness (QED) is 0.502. The first-order chi connectivity index (χ1) is 15.3. The summed E-state index contributed by atoms with van der Waals surface area (Å²) in [6, 6.07) is 10.2. The van der Waals surface area contributed by atoms with Crippen molar-refractivity contribution in [2.24, 2.45) is 0 Å². The van der Waals surface area contributed by atoms with Gasteiger partial charge in [0.1, 0.15) is 5.82 Å². The molecule has 0 radical (unpaired) electrons. The number of carbonyl (C=O) groups is 1. The summed E-state index contributed by atoms with van der Waals surface area (Å²) in [5, 5.41) is 8.18. The molecule has 3 aromatic rings. The van der Waals surface area contributed by atoms with Crippen LogP contribution in [0.15, 0.2) is 52.2 Å². The summed E-state index contributed by atoms with van der Waals surface area (Å²) < 4.78 is 44.0. The number of rotatable bonds is 5. The Balaban J connectivity index is 1.29. The molecule has 1 aliphatic rings. The van der Waals surface area contributed by atoms with Crippen LogP contribution in [0.4, 0.5) is 19.0 Å². The van der Waals surface area contributed by atoms with Crippen LogP contribution in [0.3, 0.4) is 0 Å². The van der Waals surface area contributed by atoms with E-state index in [0.29, 0.717) is 37.3 Å². The van der Waals surface area contributed by atoms with E-state index < -0.39 is 11.7 Å². The number of hydrogen-bond acceptors (Lipinski definition) is 7. The minimum absolute atomic E-state index is 0.0687. The van der Waals surface area contributed by atoms with Gasteiger partial charge in [0.05, 0.1) is 16.3 Å². The van der Waals surface area contributed by atoms with Crippen molar-refractivity contribution in [2.45, 2.75) is 11.4 Å². The lowest BCUT2D eigenvalue weighted by molar-refractivity contribution is -0.137. The van der Waals surface area contributed by atoms with Crippen LogP contribution in [0.1, 0.15) is 5.56 Å². The van der Waals surface area contributed by atoms with Crippen molar-refractivity contribution in [1.29, 1.82) is 0 Å². The van der Waals surface area contributed by atoms with Crippen LogP contribution in [0.2, 0.25) is 5.02 Å². The van der Waals surface area contributed by atoms with Crippen molar-refractivity contribution in [3.63, 3.8) is 0 Å². The van der Waals surface area contributed by atoms with Crippen LogP contribution >= 0.6 is 23.4 Å². The molecule has 12 heteroatoms. The number of halogens is 4. The molecule has 1 aromatic carbocycles. The third kappa shape index (κ3) is 5.16. The number of carbonyl (C=O) groups excluding carboxylic acids is 1. The molecule has 1 fully saturated rings. The van der Waals surface area contributed by atoms with Gasteiger partial charge < -0.3 is 14.2 Å². The van der Waals surface area contributed by atoms with Crippen LogP contribution < -0.4 is 4.90 Å². The van der Waals surface area contributed by atoms with E-state index in [0.717, 1.165) is 29.6 Å². The summed E-state index contributed by atoms with van der Waals surface area (Å²) in [7, 11) is 0. The maximum atomic E-state index is 12.8. The third-order valence-corrected chi connectivity index (χ3v) is 5.91. The fraction of sp³-hybridized carbons (Fsp3) is 0.300. The van der Waals surface area contributed by atoms with Gasteiger partial charge in [0, 0.05) is 37.9 Å². The number of pyridine rings is 1. The molecule has 0 spiro atoms. The molecule has 7 nitrogen and oxygen atoms in total. The van der Waals surface area contributed by atoms with Gasteiger partial charge in [-0.05, 0) is 18.2 Å². The average Bonchev–Trinajstić information content (AvgIpc) is 3.27. The van der Waals surface area contributed by atoms with Gasteiger partial charge in [-0.25, -0.2) is 4.98 Å². The molecule has 0 bridgehead atoms. The Labute approximate surface area is 190 Å². The minimum Gasteiger partial charge on any atom is -0.411 e. The summed E-state index contributed by atoms with van der Waals surface area (Å²) in [6.07, 6.45) is -3.73. The van der Waals surface area contributed by atoms with E-state index in [-0.39, 0.29) is 22.5 Å². The summed E-state index contributed by atoms with van der Waals surface area (Å²) in [6.45, 7) is 1.62. The van der Waals surface area contributed by atoms with Crippen molar-refractivity contribution >= 4 is 35.1 Å². The smallest absolute Gasteiger partial charge is 0.411 e. The molecule has 0 atom stereocenters. The predicted octanol–water partition coefficient (Wildman–Crippen LogP) is 4.24. The van der Waals surface area contributed by atoms with E-state index in [2.05, 4.69) is 15.2 Å². The minimum atomic E-state index is -4.50. The van der Waals surface area contributed by atoms with E-state index in [1.165, 1.54) is 0 Å². The van der Waals surface area contributed by atoms with Gasteiger partial charge in [-0.1, -0.05) is 41.6 Å². The molecule has 4 rings (SSSR count). The third-order valence-electron chi connectivity index (χ3n) is 4.83. The Morgan fingerprint density at radius 3 is 2.50 bits per heavy atom. The van der Waals surface area contributed by atoms with Gasteiger partial charge in [-0.15, -0.1) is 10.2 Å². The zero-order valence-electron chi connectivity index (χ0n) is 16.5. The second-order valence-corrected chi connectivity index (χ2v) is 8.26. The highest BCUT2D eigenvalue weighted by Gasteiger charge is 2.32. The van der Waals surface area contributed by atoms with E-state index >= 15 is 0 Å². The first-order valence-electron chi connectivity index (χ1n) is 9.58. The van der Waals surface area contributed by atoms with Crippen LogP contribution in [-0.2, 0) is 11.0 Å². The molecular weight excluding hydrogens is 467 g/mol. The number of alkyl halides is 3. The molecule has 1 amide bonds. The Bertz CT molecular complexity index is 1090. The number of hydrogen-bond donors (Lipinski definition) is 0. The van der Waals surface area contributed by atoms with Crippen LogP contribution in [0.5, 0.6) is 0 Å². The molecule has 0 aliphatic carbocycles. The van der Waals surface area contributed by atoms with Crippen LogP contribution in [0.25, 0.3) is 11.5 Å². The number of piperazine rings is 1. The first kappa shape index (κ1) is 22.4. The molecule has 168 valence electrons. The number of benzene rings is 1. The van der Waals surface area contributed by atoms with Gasteiger partial charge in [0.25, 0.3) is 5.22 Å². The molecule has 1 aliphatic heterocycles. The molecule has 0 N–H and O–H groups in total. The number of anilines is 1. The van der Waals surface area contributed by atoms with Gasteiger partial charge in [0.15, 0.2) is 0 Å². The highest BCUT2D eigenvalue weighted by atomic mass is 35.5. The summed E-state index contributed by atoms with van der Waals surface area (Å²) in [5.74, 6) is 0.700. The fourth-order valence-corrected chi connectivity index (χ4v) is 4.12. The van der Waals surface area contributed by atoms with Gasteiger partial charge in [-0.3, -0.25) is 4.79 Å². The number of thioether (sulfide) groups is 1. The van der Waals surface area contributed by atoms with Crippen molar-refractivity contribution < 1.29 is 22.4 Å². The van der Waals surface area contributed by atoms with E-state index in [1.54, 1.807) is 9.80 Å². The van der Waals surface area contributed by atoms with E-state index in [4.69, 9.17) is 16.0 Å². The van der Waals surface area contributed by atoms with Crippen LogP contribution in [-0.4, -0.2) is 57.9 Å². The second-order valence-electron chi connectivity index (χ2n) is 6.92. The molecule has 0 unspecified atom stereocenters. The van der Waals surface area contributed by atoms with Crippen LogP contribution in [0, 0.1) is 0 Å². The van der Waals surface area contributed by atoms with Gasteiger partial charge in [-0.2, -0.15) is 13.2 Å². The van der Waals surface area contributed by atoms with Gasteiger partial charge in [0.2, 0.25) is 11.8 Å². The number of amides is 1. The normalized spacial score (nSPS) is 14.6. The Morgan fingerprint density at radius 2 is 1.84 bits per heavy atom. The summed E-state index contributed by atoms with van der Waals surface area (Å²) >= 11 is 7.18. The van der Waals surface area contributed by atoms with E-state index in [9.17, 15) is 18.0 Å². The maximum absolute atomic E-state index is 12.8. The Kier molecular flexibility index (Phi) is 6.56. The molecular formula is C20H17ClF3N5O2S. The molecule has 3 heterocycles. The molecule has 0 saturated carbocycles. The standard InChI is InChI=1S/C20H17ClF3N5O2S/c21-15-10-14(20(22,23)24)11-25-17(15)29-8-6-28(7-9-29)16(30)12-32-19-27-26-18(31-19)13-4-2-1-3-5-13/h1-5,10-11H,6-9,12H2. The Morgan fingerprint density at radius 1 is 1.12 bits per heavy atom. The lowest BCUT2D eigenvalue weighted by Gasteiger charge is -2.35. The first-order valence-corrected chi connectivity index (χ1v) is 10.9. The van der Waals surface area contributed by atoms with Crippen molar-refractivity contribution in [1.82, 2.24) is 20.1 Å². The topological polar surface area (TPSA) is 75.4 Å². The highest BCUT2D eigenvalue weighted by molar-refractivity contribution is 7.99.